The van der Waals surface area contributed by atoms with Crippen molar-refractivity contribution in [1.29, 1.82) is 0 Å². The third-order valence-corrected chi connectivity index (χ3v) is 3.37. The van der Waals surface area contributed by atoms with Crippen LogP contribution in [0.4, 0.5) is 0 Å². The maximum absolute atomic E-state index is 11.9. The number of H-pyrrole nitrogens is 1. The zero-order valence-electron chi connectivity index (χ0n) is 9.36. The number of hydrogen-bond acceptors (Lipinski definition) is 2. The zero-order valence-corrected chi connectivity index (χ0v) is 9.36. The number of hydrogen-bond donors (Lipinski definition) is 1. The normalized spacial score (nSPS) is 17.3. The van der Waals surface area contributed by atoms with Crippen molar-refractivity contribution in [2.24, 2.45) is 0 Å². The lowest BCUT2D eigenvalue weighted by Gasteiger charge is -2.07. The van der Waals surface area contributed by atoms with Gasteiger partial charge in [0, 0.05) is 23.7 Å². The van der Waals surface area contributed by atoms with Gasteiger partial charge in [-0.3, -0.25) is 9.89 Å². The molecule has 1 fully saturated rings. The minimum Gasteiger partial charge on any atom is -0.294 e. The van der Waals surface area contributed by atoms with Crippen molar-refractivity contribution in [3.63, 3.8) is 0 Å². The molecule has 0 unspecified atom stereocenters. The summed E-state index contributed by atoms with van der Waals surface area (Å²) < 4.78 is 1.51. The van der Waals surface area contributed by atoms with Crippen molar-refractivity contribution in [2.45, 2.75) is 38.5 Å². The fourth-order valence-electron chi connectivity index (χ4n) is 2.56. The summed E-state index contributed by atoms with van der Waals surface area (Å²) in [5.74, 6) is 0.493. The molecule has 2 aromatic rings. The van der Waals surface area contributed by atoms with Gasteiger partial charge >= 0.3 is 0 Å². The van der Waals surface area contributed by atoms with Crippen LogP contribution in [-0.4, -0.2) is 14.6 Å². The number of rotatable bonds is 1. The largest absolute Gasteiger partial charge is 0.294 e. The molecule has 0 aliphatic heterocycles. The lowest BCUT2D eigenvalue weighted by Crippen LogP contribution is -2.16. The molecule has 0 radical (unpaired) electrons. The quantitative estimate of drug-likeness (QED) is 0.794. The number of aromatic nitrogens is 3. The third-order valence-electron chi connectivity index (χ3n) is 3.37. The molecular formula is C12H15N3O. The Morgan fingerprint density at radius 3 is 2.88 bits per heavy atom. The number of aryl methyl sites for hydroxylation is 1. The molecule has 1 aliphatic rings. The van der Waals surface area contributed by atoms with Crippen LogP contribution in [0.3, 0.4) is 0 Å². The van der Waals surface area contributed by atoms with Gasteiger partial charge in [0.15, 0.2) is 5.65 Å². The molecule has 0 bridgehead atoms. The van der Waals surface area contributed by atoms with Crippen molar-refractivity contribution < 1.29 is 0 Å². The smallest absolute Gasteiger partial charge is 0.272 e. The maximum atomic E-state index is 11.9. The van der Waals surface area contributed by atoms with Crippen molar-refractivity contribution in [3.05, 3.63) is 33.9 Å². The van der Waals surface area contributed by atoms with Gasteiger partial charge in [-0.15, -0.1) is 0 Å². The molecule has 16 heavy (non-hydrogen) atoms. The van der Waals surface area contributed by atoms with Crippen molar-refractivity contribution in [3.8, 4) is 0 Å². The van der Waals surface area contributed by atoms with E-state index in [0.717, 1.165) is 17.0 Å². The molecule has 3 rings (SSSR count). The standard InChI is InChI=1S/C12H15N3O/c1-8-6-11-13-10(9-4-2-3-5-9)7-12(16)15(11)14-8/h6-7,9,14H,2-5H2,1H3. The summed E-state index contributed by atoms with van der Waals surface area (Å²) in [6.45, 7) is 1.93. The molecule has 0 aromatic carbocycles. The lowest BCUT2D eigenvalue weighted by molar-refractivity contribution is 0.691. The van der Waals surface area contributed by atoms with Gasteiger partial charge in [-0.1, -0.05) is 12.8 Å². The summed E-state index contributed by atoms with van der Waals surface area (Å²) >= 11 is 0. The second kappa shape index (κ2) is 3.47. The fraction of sp³-hybridized carbons (Fsp3) is 0.500. The second-order valence-electron chi connectivity index (χ2n) is 4.63. The monoisotopic (exact) mass is 217 g/mol. The van der Waals surface area contributed by atoms with E-state index in [2.05, 4.69) is 10.1 Å². The molecule has 4 heteroatoms. The minimum absolute atomic E-state index is 0.000000000000000222. The van der Waals surface area contributed by atoms with E-state index >= 15 is 0 Å². The maximum Gasteiger partial charge on any atom is 0.272 e. The Morgan fingerprint density at radius 1 is 1.38 bits per heavy atom. The van der Waals surface area contributed by atoms with Crippen molar-refractivity contribution >= 4 is 5.65 Å². The molecule has 84 valence electrons. The minimum atomic E-state index is 0.000000000000000222. The number of fused-ring (bicyclic) bond motifs is 1. The Bertz CT molecular complexity index is 575. The Labute approximate surface area is 93.3 Å². The molecule has 0 spiro atoms. The van der Waals surface area contributed by atoms with E-state index in [0.29, 0.717) is 5.92 Å². The fourth-order valence-corrected chi connectivity index (χ4v) is 2.56. The van der Waals surface area contributed by atoms with Gasteiger partial charge in [0.05, 0.1) is 5.69 Å². The third kappa shape index (κ3) is 1.45. The average molecular weight is 217 g/mol. The van der Waals surface area contributed by atoms with Crippen LogP contribution in [0, 0.1) is 6.92 Å². The van der Waals surface area contributed by atoms with Gasteiger partial charge < -0.3 is 0 Å². The molecule has 2 aromatic heterocycles. The molecule has 1 N–H and O–H groups in total. The van der Waals surface area contributed by atoms with E-state index in [1.807, 2.05) is 13.0 Å². The Morgan fingerprint density at radius 2 is 2.12 bits per heavy atom. The SMILES string of the molecule is Cc1cc2nc(C3CCCC3)cc(=O)n2[nH]1. The van der Waals surface area contributed by atoms with Gasteiger partial charge in [-0.25, -0.2) is 9.50 Å². The number of nitrogens with one attached hydrogen (secondary N) is 1. The van der Waals surface area contributed by atoms with E-state index in [1.54, 1.807) is 6.07 Å². The summed E-state index contributed by atoms with van der Waals surface area (Å²) in [4.78, 5) is 16.4. The van der Waals surface area contributed by atoms with Crippen molar-refractivity contribution in [1.82, 2.24) is 14.6 Å². The highest BCUT2D eigenvalue weighted by atomic mass is 16.1. The van der Waals surface area contributed by atoms with E-state index in [9.17, 15) is 4.79 Å². The molecule has 0 saturated heterocycles. The van der Waals surface area contributed by atoms with E-state index in [1.165, 1.54) is 30.2 Å². The van der Waals surface area contributed by atoms with Crippen LogP contribution in [0.25, 0.3) is 5.65 Å². The number of aromatic amines is 1. The van der Waals surface area contributed by atoms with E-state index in [-0.39, 0.29) is 5.56 Å². The molecule has 2 heterocycles. The van der Waals surface area contributed by atoms with Gasteiger partial charge in [0.1, 0.15) is 0 Å². The van der Waals surface area contributed by atoms with Gasteiger partial charge in [-0.05, 0) is 19.8 Å². The van der Waals surface area contributed by atoms with Crippen LogP contribution >= 0.6 is 0 Å². The molecule has 1 aliphatic carbocycles. The second-order valence-corrected chi connectivity index (χ2v) is 4.63. The first-order valence-electron chi connectivity index (χ1n) is 5.83. The summed E-state index contributed by atoms with van der Waals surface area (Å²) in [7, 11) is 0. The highest BCUT2D eigenvalue weighted by Gasteiger charge is 2.19. The first-order chi connectivity index (χ1) is 7.74. The summed E-state index contributed by atoms with van der Waals surface area (Å²) in [6.07, 6.45) is 4.87. The van der Waals surface area contributed by atoms with Gasteiger partial charge in [-0.2, -0.15) is 0 Å². The molecule has 4 nitrogen and oxygen atoms in total. The molecular weight excluding hydrogens is 202 g/mol. The highest BCUT2D eigenvalue weighted by molar-refractivity contribution is 5.39. The van der Waals surface area contributed by atoms with Gasteiger partial charge in [0.25, 0.3) is 5.56 Å². The lowest BCUT2D eigenvalue weighted by atomic mass is 10.0. The van der Waals surface area contributed by atoms with Gasteiger partial charge in [0.2, 0.25) is 0 Å². The molecule has 0 atom stereocenters. The predicted octanol–water partition coefficient (Wildman–Crippen LogP) is 1.99. The summed E-state index contributed by atoms with van der Waals surface area (Å²) in [5, 5.41) is 2.99. The first-order valence-corrected chi connectivity index (χ1v) is 5.83. The predicted molar refractivity (Wildman–Crippen MR) is 61.8 cm³/mol. The topological polar surface area (TPSA) is 50.2 Å². The van der Waals surface area contributed by atoms with E-state index < -0.39 is 0 Å². The average Bonchev–Trinajstić information content (AvgIpc) is 2.84. The Hall–Kier alpha value is -1.58. The molecule has 0 amide bonds. The van der Waals surface area contributed by atoms with E-state index in [4.69, 9.17) is 0 Å². The Kier molecular flexibility index (Phi) is 2.09. The van der Waals surface area contributed by atoms with Crippen LogP contribution in [0.2, 0.25) is 0 Å². The Balaban J connectivity index is 2.16. The van der Waals surface area contributed by atoms with Crippen molar-refractivity contribution in [2.75, 3.05) is 0 Å². The summed E-state index contributed by atoms with van der Waals surface area (Å²) in [6, 6.07) is 3.60. The number of nitrogens with zero attached hydrogens (tertiary/aromatic N) is 2. The van der Waals surface area contributed by atoms with Crippen LogP contribution in [0.15, 0.2) is 16.9 Å². The van der Waals surface area contributed by atoms with Crippen LogP contribution in [0.5, 0.6) is 0 Å². The summed E-state index contributed by atoms with van der Waals surface area (Å²) in [5.41, 5.74) is 2.68. The molecule has 1 saturated carbocycles. The van der Waals surface area contributed by atoms with Crippen LogP contribution in [-0.2, 0) is 0 Å². The van der Waals surface area contributed by atoms with Crippen LogP contribution in [0.1, 0.15) is 43.0 Å². The highest BCUT2D eigenvalue weighted by Crippen LogP contribution is 2.32. The first kappa shape index (κ1) is 9.63. The zero-order chi connectivity index (χ0) is 11.1. The van der Waals surface area contributed by atoms with Crippen LogP contribution < -0.4 is 5.56 Å².